The van der Waals surface area contributed by atoms with Crippen molar-refractivity contribution in [3.05, 3.63) is 45.7 Å². The van der Waals surface area contributed by atoms with Crippen LogP contribution in [0.3, 0.4) is 0 Å². The smallest absolute Gasteiger partial charge is 0.259 e. The van der Waals surface area contributed by atoms with Crippen LogP contribution in [0, 0.1) is 20.8 Å². The summed E-state index contributed by atoms with van der Waals surface area (Å²) >= 11 is 3.35. The molecule has 0 spiro atoms. The van der Waals surface area contributed by atoms with E-state index in [4.69, 9.17) is 0 Å². The lowest BCUT2D eigenvalue weighted by molar-refractivity contribution is -0.122. The van der Waals surface area contributed by atoms with E-state index in [1.165, 1.54) is 4.90 Å². The summed E-state index contributed by atoms with van der Waals surface area (Å²) in [6.45, 7) is 5.81. The number of carbonyl (C=O) groups is 2. The topological polar surface area (TPSA) is 55.2 Å². The lowest BCUT2D eigenvalue weighted by atomic mass is 10.2. The summed E-state index contributed by atoms with van der Waals surface area (Å²) < 4.78 is 2.59. The highest BCUT2D eigenvalue weighted by Gasteiger charge is 2.41. The molecule has 0 N–H and O–H groups in total. The number of rotatable bonds is 2. The number of anilines is 1. The third kappa shape index (κ3) is 2.27. The Morgan fingerprint density at radius 3 is 2.32 bits per heavy atom. The molecule has 1 aromatic carbocycles. The number of halogens is 1. The van der Waals surface area contributed by atoms with Crippen molar-refractivity contribution < 1.29 is 9.59 Å². The average molecular weight is 362 g/mol. The van der Waals surface area contributed by atoms with Crippen LogP contribution in [0.25, 0.3) is 0 Å². The molecule has 1 aromatic heterocycles. The molecule has 3 rings (SSSR count). The molecule has 22 heavy (non-hydrogen) atoms. The summed E-state index contributed by atoms with van der Waals surface area (Å²) in [5.74, 6) is -0.416. The Bertz CT molecular complexity index is 764. The highest BCUT2D eigenvalue weighted by atomic mass is 79.9. The van der Waals surface area contributed by atoms with Crippen LogP contribution in [0.1, 0.15) is 29.4 Å². The quantitative estimate of drug-likeness (QED) is 0.772. The van der Waals surface area contributed by atoms with Crippen molar-refractivity contribution in [3.63, 3.8) is 0 Å². The fourth-order valence-electron chi connectivity index (χ4n) is 2.72. The Hall–Kier alpha value is -1.95. The Kier molecular flexibility index (Phi) is 3.64. The van der Waals surface area contributed by atoms with Gasteiger partial charge in [-0.05, 0) is 50.6 Å². The minimum absolute atomic E-state index is 0.149. The molecule has 1 aliphatic rings. The molecular formula is C16H16BrN3O2. The second-order valence-electron chi connectivity index (χ2n) is 5.50. The number of hydrogen-bond donors (Lipinski definition) is 0. The number of benzene rings is 1. The summed E-state index contributed by atoms with van der Waals surface area (Å²) in [6, 6.07) is 6.60. The van der Waals surface area contributed by atoms with Crippen molar-refractivity contribution in [3.8, 4) is 0 Å². The first-order valence-corrected chi connectivity index (χ1v) is 7.84. The van der Waals surface area contributed by atoms with E-state index >= 15 is 0 Å². The van der Waals surface area contributed by atoms with Gasteiger partial charge in [0.1, 0.15) is 6.04 Å². The Balaban J connectivity index is 1.97. The van der Waals surface area contributed by atoms with E-state index in [-0.39, 0.29) is 18.2 Å². The predicted octanol–water partition coefficient (Wildman–Crippen LogP) is 3.08. The van der Waals surface area contributed by atoms with Crippen molar-refractivity contribution in [2.75, 3.05) is 4.90 Å². The molecule has 6 heteroatoms. The SMILES string of the molecule is Cc1nn([C@H]2CC(=O)N(c3ccc(Br)cc3)C2=O)c(C)c1C. The van der Waals surface area contributed by atoms with Gasteiger partial charge in [0.05, 0.1) is 17.8 Å². The minimum Gasteiger partial charge on any atom is -0.274 e. The largest absolute Gasteiger partial charge is 0.274 e. The standard InChI is InChI=1S/C16H16BrN3O2/c1-9-10(2)18-20(11(9)3)14-8-15(21)19(16(14)22)13-6-4-12(17)5-7-13/h4-7,14H,8H2,1-3H3/t14-/m0/s1. The summed E-state index contributed by atoms with van der Waals surface area (Å²) in [5.41, 5.74) is 3.47. The molecule has 114 valence electrons. The van der Waals surface area contributed by atoms with Gasteiger partial charge in [-0.1, -0.05) is 15.9 Å². The molecule has 0 aliphatic carbocycles. The average Bonchev–Trinajstić information content (AvgIpc) is 2.91. The lowest BCUT2D eigenvalue weighted by Crippen LogP contribution is -2.31. The zero-order chi connectivity index (χ0) is 16.0. The van der Waals surface area contributed by atoms with Gasteiger partial charge < -0.3 is 0 Å². The summed E-state index contributed by atoms with van der Waals surface area (Å²) in [4.78, 5) is 26.3. The van der Waals surface area contributed by atoms with Crippen molar-refractivity contribution in [1.82, 2.24) is 9.78 Å². The Morgan fingerprint density at radius 2 is 1.77 bits per heavy atom. The van der Waals surface area contributed by atoms with E-state index in [1.54, 1.807) is 16.8 Å². The summed E-state index contributed by atoms with van der Waals surface area (Å²) in [6.07, 6.45) is 0.149. The molecule has 1 saturated heterocycles. The number of aryl methyl sites for hydroxylation is 1. The van der Waals surface area contributed by atoms with Crippen molar-refractivity contribution >= 4 is 33.4 Å². The molecule has 0 unspecified atom stereocenters. The van der Waals surface area contributed by atoms with Crippen LogP contribution in [-0.4, -0.2) is 21.6 Å². The highest BCUT2D eigenvalue weighted by molar-refractivity contribution is 9.10. The maximum atomic E-state index is 12.7. The van der Waals surface area contributed by atoms with Gasteiger partial charge in [0.2, 0.25) is 5.91 Å². The van der Waals surface area contributed by atoms with Gasteiger partial charge in [-0.25, -0.2) is 4.90 Å². The fraction of sp³-hybridized carbons (Fsp3) is 0.312. The van der Waals surface area contributed by atoms with Crippen LogP contribution < -0.4 is 4.90 Å². The van der Waals surface area contributed by atoms with E-state index in [0.717, 1.165) is 21.4 Å². The maximum Gasteiger partial charge on any atom is 0.259 e. The molecule has 1 atom stereocenters. The number of aromatic nitrogens is 2. The van der Waals surface area contributed by atoms with Crippen LogP contribution in [0.5, 0.6) is 0 Å². The van der Waals surface area contributed by atoms with E-state index in [0.29, 0.717) is 5.69 Å². The summed E-state index contributed by atoms with van der Waals surface area (Å²) in [7, 11) is 0. The first-order valence-electron chi connectivity index (χ1n) is 7.05. The molecule has 1 fully saturated rings. The zero-order valence-electron chi connectivity index (χ0n) is 12.6. The molecule has 5 nitrogen and oxygen atoms in total. The molecule has 1 aliphatic heterocycles. The molecule has 2 aromatic rings. The fourth-order valence-corrected chi connectivity index (χ4v) is 2.98. The van der Waals surface area contributed by atoms with Gasteiger partial charge in [-0.3, -0.25) is 14.3 Å². The van der Waals surface area contributed by atoms with Gasteiger partial charge in [-0.2, -0.15) is 5.10 Å². The molecular weight excluding hydrogens is 346 g/mol. The van der Waals surface area contributed by atoms with Crippen molar-refractivity contribution in [2.45, 2.75) is 33.2 Å². The van der Waals surface area contributed by atoms with Gasteiger partial charge in [0, 0.05) is 10.2 Å². The van der Waals surface area contributed by atoms with Crippen LogP contribution in [0.4, 0.5) is 5.69 Å². The summed E-state index contributed by atoms with van der Waals surface area (Å²) in [5, 5.41) is 4.43. The Labute approximate surface area is 137 Å². The number of carbonyl (C=O) groups excluding carboxylic acids is 2. The normalized spacial score (nSPS) is 18.4. The predicted molar refractivity (Wildman–Crippen MR) is 86.7 cm³/mol. The lowest BCUT2D eigenvalue weighted by Gasteiger charge is -2.16. The molecule has 0 bridgehead atoms. The van der Waals surface area contributed by atoms with Gasteiger partial charge in [0.15, 0.2) is 0 Å². The van der Waals surface area contributed by atoms with Crippen LogP contribution in [-0.2, 0) is 9.59 Å². The van der Waals surface area contributed by atoms with E-state index in [2.05, 4.69) is 21.0 Å². The Morgan fingerprint density at radius 1 is 1.14 bits per heavy atom. The first-order chi connectivity index (χ1) is 10.4. The number of hydrogen-bond acceptors (Lipinski definition) is 3. The molecule has 0 radical (unpaired) electrons. The van der Waals surface area contributed by atoms with E-state index < -0.39 is 6.04 Å². The van der Waals surface area contributed by atoms with Crippen molar-refractivity contribution in [2.24, 2.45) is 0 Å². The van der Waals surface area contributed by atoms with Gasteiger partial charge in [0.25, 0.3) is 5.91 Å². The molecule has 0 saturated carbocycles. The molecule has 2 amide bonds. The first kappa shape index (κ1) is 15.0. The van der Waals surface area contributed by atoms with Crippen LogP contribution in [0.2, 0.25) is 0 Å². The second-order valence-corrected chi connectivity index (χ2v) is 6.42. The minimum atomic E-state index is -0.552. The van der Waals surface area contributed by atoms with Crippen molar-refractivity contribution in [1.29, 1.82) is 0 Å². The number of amides is 2. The molecule has 2 heterocycles. The van der Waals surface area contributed by atoms with Gasteiger partial charge in [-0.15, -0.1) is 0 Å². The monoisotopic (exact) mass is 361 g/mol. The third-order valence-electron chi connectivity index (χ3n) is 4.19. The second kappa shape index (κ2) is 5.35. The van der Waals surface area contributed by atoms with Crippen LogP contribution in [0.15, 0.2) is 28.7 Å². The number of nitrogens with zero attached hydrogens (tertiary/aromatic N) is 3. The zero-order valence-corrected chi connectivity index (χ0v) is 14.2. The number of imide groups is 1. The third-order valence-corrected chi connectivity index (χ3v) is 4.72. The van der Waals surface area contributed by atoms with Crippen LogP contribution >= 0.6 is 15.9 Å². The van der Waals surface area contributed by atoms with Gasteiger partial charge >= 0.3 is 0 Å². The maximum absolute atomic E-state index is 12.7. The highest BCUT2D eigenvalue weighted by Crippen LogP contribution is 2.31. The van der Waals surface area contributed by atoms with E-state index in [1.807, 2.05) is 32.9 Å². The van der Waals surface area contributed by atoms with E-state index in [9.17, 15) is 9.59 Å².